The maximum atomic E-state index is 12.4. The van der Waals surface area contributed by atoms with Crippen LogP contribution in [-0.4, -0.2) is 26.8 Å². The summed E-state index contributed by atoms with van der Waals surface area (Å²) in [5.41, 5.74) is -0.169. The number of carbonyl (C=O) groups is 2. The molecule has 2 heterocycles. The summed E-state index contributed by atoms with van der Waals surface area (Å²) in [4.78, 5) is 35.9. The van der Waals surface area contributed by atoms with Crippen LogP contribution in [0.25, 0.3) is 0 Å². The first-order chi connectivity index (χ1) is 11.5. The Morgan fingerprint density at radius 1 is 1.38 bits per heavy atom. The van der Waals surface area contributed by atoms with Gasteiger partial charge in [0.1, 0.15) is 5.69 Å². The maximum Gasteiger partial charge on any atom is 0.305 e. The molecule has 1 amide bonds. The number of hydrogen-bond donors (Lipinski definition) is 2. The molecule has 0 bridgehead atoms. The first kappa shape index (κ1) is 17.9. The van der Waals surface area contributed by atoms with Gasteiger partial charge in [-0.1, -0.05) is 19.4 Å². The molecular weight excluding hydrogens is 330 g/mol. The predicted octanol–water partition coefficient (Wildman–Crippen LogP) is 2.05. The molecule has 7 nitrogen and oxygen atoms in total. The third-order valence-corrected chi connectivity index (χ3v) is 4.38. The van der Waals surface area contributed by atoms with Crippen molar-refractivity contribution < 1.29 is 14.7 Å². The van der Waals surface area contributed by atoms with Crippen molar-refractivity contribution >= 4 is 23.2 Å². The van der Waals surface area contributed by atoms with E-state index in [1.54, 1.807) is 12.1 Å². The maximum absolute atomic E-state index is 12.4. The van der Waals surface area contributed by atoms with E-state index in [-0.39, 0.29) is 17.7 Å². The molecule has 128 valence electrons. The number of carboxylic acid groups (broad SMARTS) is 1. The summed E-state index contributed by atoms with van der Waals surface area (Å²) in [7, 11) is 0. The van der Waals surface area contributed by atoms with Crippen molar-refractivity contribution in [2.24, 2.45) is 0 Å². The number of aromatic nitrogens is 2. The van der Waals surface area contributed by atoms with Gasteiger partial charge < -0.3 is 10.4 Å². The fourth-order valence-electron chi connectivity index (χ4n) is 2.16. The number of hydrogen-bond acceptors (Lipinski definition) is 5. The van der Waals surface area contributed by atoms with Crippen LogP contribution in [0.15, 0.2) is 34.4 Å². The zero-order valence-corrected chi connectivity index (χ0v) is 14.1. The molecule has 0 aliphatic carbocycles. The Balaban J connectivity index is 2.17. The second-order valence-corrected chi connectivity index (χ2v) is 6.25. The molecule has 0 aliphatic heterocycles. The van der Waals surface area contributed by atoms with E-state index in [0.29, 0.717) is 6.54 Å². The lowest BCUT2D eigenvalue weighted by atomic mass is 10.1. The van der Waals surface area contributed by atoms with Crippen molar-refractivity contribution in [2.45, 2.75) is 38.8 Å². The van der Waals surface area contributed by atoms with Gasteiger partial charge in [0.2, 0.25) is 0 Å². The highest BCUT2D eigenvalue weighted by molar-refractivity contribution is 7.10. The fraction of sp³-hybridized carbons (Fsp3) is 0.375. The molecule has 8 heteroatoms. The van der Waals surface area contributed by atoms with Gasteiger partial charge in [0.05, 0.1) is 12.5 Å². The van der Waals surface area contributed by atoms with Crippen LogP contribution in [0, 0.1) is 0 Å². The Morgan fingerprint density at radius 3 is 2.79 bits per heavy atom. The van der Waals surface area contributed by atoms with E-state index in [4.69, 9.17) is 5.11 Å². The van der Waals surface area contributed by atoms with Gasteiger partial charge in [-0.25, -0.2) is 4.68 Å². The van der Waals surface area contributed by atoms with E-state index in [1.807, 2.05) is 12.3 Å². The molecule has 0 aliphatic rings. The molecule has 0 saturated heterocycles. The van der Waals surface area contributed by atoms with Crippen LogP contribution in [0.4, 0.5) is 0 Å². The van der Waals surface area contributed by atoms with Crippen molar-refractivity contribution in [1.82, 2.24) is 15.1 Å². The van der Waals surface area contributed by atoms with Crippen LogP contribution in [0.5, 0.6) is 0 Å². The van der Waals surface area contributed by atoms with Gasteiger partial charge in [-0.15, -0.1) is 11.3 Å². The Bertz CT molecular complexity index is 755. The van der Waals surface area contributed by atoms with Gasteiger partial charge in [-0.2, -0.15) is 5.10 Å². The lowest BCUT2D eigenvalue weighted by Crippen LogP contribution is -2.33. The van der Waals surface area contributed by atoms with E-state index in [2.05, 4.69) is 10.4 Å². The quantitative estimate of drug-likeness (QED) is 0.759. The van der Waals surface area contributed by atoms with E-state index < -0.39 is 17.9 Å². The fourth-order valence-corrected chi connectivity index (χ4v) is 2.94. The highest BCUT2D eigenvalue weighted by Crippen LogP contribution is 2.22. The highest BCUT2D eigenvalue weighted by atomic mass is 32.1. The van der Waals surface area contributed by atoms with Gasteiger partial charge >= 0.3 is 5.97 Å². The average molecular weight is 349 g/mol. The SMILES string of the molecule is CCCCn1nc(C(=O)N[C@H](CC(=O)O)c2cccs2)ccc1=O. The third kappa shape index (κ3) is 4.76. The zero-order chi connectivity index (χ0) is 17.5. The number of carbonyl (C=O) groups excluding carboxylic acids is 1. The number of aliphatic carboxylic acids is 1. The van der Waals surface area contributed by atoms with Crippen molar-refractivity contribution in [3.05, 3.63) is 50.6 Å². The summed E-state index contributed by atoms with van der Waals surface area (Å²) in [6.45, 7) is 2.44. The number of nitrogens with zero attached hydrogens (tertiary/aromatic N) is 2. The van der Waals surface area contributed by atoms with Gasteiger partial charge in [0, 0.05) is 17.5 Å². The molecule has 0 fully saturated rings. The Morgan fingerprint density at radius 2 is 2.17 bits per heavy atom. The van der Waals surface area contributed by atoms with E-state index in [9.17, 15) is 14.4 Å². The lowest BCUT2D eigenvalue weighted by molar-refractivity contribution is -0.137. The van der Waals surface area contributed by atoms with Crippen molar-refractivity contribution in [1.29, 1.82) is 0 Å². The summed E-state index contributed by atoms with van der Waals surface area (Å²) in [5, 5.41) is 17.6. The highest BCUT2D eigenvalue weighted by Gasteiger charge is 2.20. The Labute approximate surface area is 142 Å². The molecule has 0 unspecified atom stereocenters. The molecule has 0 saturated carbocycles. The minimum atomic E-state index is -1.01. The molecule has 0 aromatic carbocycles. The van der Waals surface area contributed by atoms with Crippen LogP contribution in [0.2, 0.25) is 0 Å². The van der Waals surface area contributed by atoms with Crippen LogP contribution in [-0.2, 0) is 11.3 Å². The smallest absolute Gasteiger partial charge is 0.305 e. The van der Waals surface area contributed by atoms with Crippen LogP contribution in [0.3, 0.4) is 0 Å². The van der Waals surface area contributed by atoms with Crippen molar-refractivity contribution in [2.75, 3.05) is 0 Å². The first-order valence-electron chi connectivity index (χ1n) is 7.65. The lowest BCUT2D eigenvalue weighted by Gasteiger charge is -2.15. The van der Waals surface area contributed by atoms with Crippen LogP contribution < -0.4 is 10.9 Å². The van der Waals surface area contributed by atoms with Gasteiger partial charge in [-0.3, -0.25) is 14.4 Å². The zero-order valence-electron chi connectivity index (χ0n) is 13.3. The number of carboxylic acids is 1. The minimum absolute atomic E-state index is 0.0950. The predicted molar refractivity (Wildman–Crippen MR) is 90.2 cm³/mol. The number of amides is 1. The van der Waals surface area contributed by atoms with Gasteiger partial charge in [-0.05, 0) is 23.9 Å². The molecule has 2 rings (SSSR count). The standard InChI is InChI=1S/C16H19N3O4S/c1-2-3-8-19-14(20)7-6-11(18-19)16(23)17-12(10-15(21)22)13-5-4-9-24-13/h4-7,9,12H,2-3,8,10H2,1H3,(H,17,23)(H,21,22)/t12-/m1/s1. The van der Waals surface area contributed by atoms with Crippen molar-refractivity contribution in [3.8, 4) is 0 Å². The summed E-state index contributed by atoms with van der Waals surface area (Å²) < 4.78 is 1.26. The van der Waals surface area contributed by atoms with E-state index in [1.165, 1.54) is 28.2 Å². The topological polar surface area (TPSA) is 101 Å². The Hall–Kier alpha value is -2.48. The summed E-state index contributed by atoms with van der Waals surface area (Å²) in [6.07, 6.45) is 1.47. The van der Waals surface area contributed by atoms with Crippen LogP contribution in [0.1, 0.15) is 47.6 Å². The Kier molecular flexibility index (Phi) is 6.25. The number of aryl methyl sites for hydroxylation is 1. The molecule has 2 N–H and O–H groups in total. The minimum Gasteiger partial charge on any atom is -0.481 e. The molecular formula is C16H19N3O4S. The number of rotatable bonds is 8. The van der Waals surface area contributed by atoms with Crippen LogP contribution >= 0.6 is 11.3 Å². The van der Waals surface area contributed by atoms with Gasteiger partial charge in [0.15, 0.2) is 0 Å². The molecule has 2 aromatic rings. The summed E-state index contributed by atoms with van der Waals surface area (Å²) in [6, 6.07) is 5.59. The molecule has 1 atom stereocenters. The van der Waals surface area contributed by atoms with E-state index in [0.717, 1.165) is 17.7 Å². The van der Waals surface area contributed by atoms with E-state index >= 15 is 0 Å². The second kappa shape index (κ2) is 8.39. The molecule has 0 radical (unpaired) electrons. The summed E-state index contributed by atoms with van der Waals surface area (Å²) in [5.74, 6) is -1.51. The molecule has 2 aromatic heterocycles. The monoisotopic (exact) mass is 349 g/mol. The van der Waals surface area contributed by atoms with Crippen molar-refractivity contribution in [3.63, 3.8) is 0 Å². The third-order valence-electron chi connectivity index (χ3n) is 3.39. The number of unbranched alkanes of at least 4 members (excludes halogenated alkanes) is 1. The largest absolute Gasteiger partial charge is 0.481 e. The second-order valence-electron chi connectivity index (χ2n) is 5.27. The average Bonchev–Trinajstić information content (AvgIpc) is 3.07. The molecule has 24 heavy (non-hydrogen) atoms. The summed E-state index contributed by atoms with van der Waals surface area (Å²) >= 11 is 1.37. The van der Waals surface area contributed by atoms with Gasteiger partial charge in [0.25, 0.3) is 11.5 Å². The number of nitrogens with one attached hydrogen (secondary N) is 1. The number of thiophene rings is 1. The normalized spacial score (nSPS) is 11.9. The first-order valence-corrected chi connectivity index (χ1v) is 8.53. The molecule has 0 spiro atoms.